The number of carbonyl (C=O) groups excluding carboxylic acids is 2. The van der Waals surface area contributed by atoms with Gasteiger partial charge in [-0.2, -0.15) is 0 Å². The fourth-order valence-electron chi connectivity index (χ4n) is 0.769. The van der Waals surface area contributed by atoms with Crippen LogP contribution >= 0.6 is 11.3 Å². The van der Waals surface area contributed by atoms with Gasteiger partial charge in [-0.1, -0.05) is 0 Å². The van der Waals surface area contributed by atoms with E-state index in [1.165, 1.54) is 20.3 Å². The van der Waals surface area contributed by atoms with Gasteiger partial charge >= 0.3 is 11.9 Å². The van der Waals surface area contributed by atoms with E-state index < -0.39 is 11.9 Å². The molecule has 0 aliphatic heterocycles. The Labute approximate surface area is 79.1 Å². The van der Waals surface area contributed by atoms with E-state index in [9.17, 15) is 9.59 Å². The van der Waals surface area contributed by atoms with Crippen molar-refractivity contribution < 1.29 is 19.1 Å². The first-order chi connectivity index (χ1) is 6.19. The first-order valence-corrected chi connectivity index (χ1v) is 4.32. The van der Waals surface area contributed by atoms with E-state index in [1.807, 2.05) is 0 Å². The Bertz CT molecular complexity index is 298. The van der Waals surface area contributed by atoms with Crippen LogP contribution in [0.4, 0.5) is 0 Å². The Morgan fingerprint density at radius 1 is 1.23 bits per heavy atom. The predicted octanol–water partition coefficient (Wildman–Crippen LogP) is 1.32. The van der Waals surface area contributed by atoms with Crippen molar-refractivity contribution in [1.29, 1.82) is 0 Å². The summed E-state index contributed by atoms with van der Waals surface area (Å²) in [6, 6.07) is 1.45. The van der Waals surface area contributed by atoms with E-state index >= 15 is 0 Å². The van der Waals surface area contributed by atoms with Crippen LogP contribution in [0.3, 0.4) is 0 Å². The Kier molecular flexibility index (Phi) is 3.02. The molecule has 0 aliphatic carbocycles. The summed E-state index contributed by atoms with van der Waals surface area (Å²) in [4.78, 5) is 22.3. The van der Waals surface area contributed by atoms with E-state index in [4.69, 9.17) is 0 Å². The Balaban J connectivity index is 2.86. The third kappa shape index (κ3) is 2.06. The molecule has 70 valence electrons. The van der Waals surface area contributed by atoms with Crippen LogP contribution in [0.5, 0.6) is 0 Å². The van der Waals surface area contributed by atoms with Crippen LogP contribution in [0.15, 0.2) is 11.4 Å². The zero-order valence-corrected chi connectivity index (χ0v) is 8.01. The van der Waals surface area contributed by atoms with Gasteiger partial charge in [-0.15, -0.1) is 11.3 Å². The lowest BCUT2D eigenvalue weighted by Gasteiger charge is -1.93. The van der Waals surface area contributed by atoms with Gasteiger partial charge in [-0.05, 0) is 6.07 Å². The van der Waals surface area contributed by atoms with Crippen LogP contribution in [0, 0.1) is 0 Å². The number of thiophene rings is 1. The lowest BCUT2D eigenvalue weighted by atomic mass is 10.3. The Morgan fingerprint density at radius 3 is 2.38 bits per heavy atom. The van der Waals surface area contributed by atoms with Crippen molar-refractivity contribution >= 4 is 23.3 Å². The summed E-state index contributed by atoms with van der Waals surface area (Å²) >= 11 is 1.15. The van der Waals surface area contributed by atoms with Gasteiger partial charge in [0.15, 0.2) is 0 Å². The lowest BCUT2D eigenvalue weighted by molar-refractivity contribution is 0.0601. The van der Waals surface area contributed by atoms with Gasteiger partial charge in [-0.25, -0.2) is 9.59 Å². The molecule has 1 rings (SSSR count). The molecular weight excluding hydrogens is 192 g/mol. The number of carbonyl (C=O) groups is 2. The SMILES string of the molecule is COC(=O)c1csc(C(=O)OC)c1. The molecule has 0 aliphatic rings. The molecule has 0 fully saturated rings. The van der Waals surface area contributed by atoms with Gasteiger partial charge in [0.25, 0.3) is 0 Å². The highest BCUT2D eigenvalue weighted by Gasteiger charge is 2.13. The molecule has 5 heteroatoms. The zero-order valence-electron chi connectivity index (χ0n) is 7.20. The van der Waals surface area contributed by atoms with E-state index in [0.29, 0.717) is 10.4 Å². The second-order valence-electron chi connectivity index (χ2n) is 2.18. The largest absolute Gasteiger partial charge is 0.465 e. The fraction of sp³-hybridized carbons (Fsp3) is 0.250. The van der Waals surface area contributed by atoms with Crippen LogP contribution in [-0.2, 0) is 9.47 Å². The molecule has 0 radical (unpaired) electrons. The van der Waals surface area contributed by atoms with Crippen LogP contribution < -0.4 is 0 Å². The van der Waals surface area contributed by atoms with E-state index in [0.717, 1.165) is 11.3 Å². The van der Waals surface area contributed by atoms with E-state index in [2.05, 4.69) is 9.47 Å². The number of rotatable bonds is 2. The molecule has 0 N–H and O–H groups in total. The summed E-state index contributed by atoms with van der Waals surface area (Å²) in [5.74, 6) is -0.897. The number of hydrogen-bond acceptors (Lipinski definition) is 5. The van der Waals surface area contributed by atoms with Gasteiger partial charge in [0, 0.05) is 5.38 Å². The van der Waals surface area contributed by atoms with E-state index in [-0.39, 0.29) is 0 Å². The molecule has 0 bridgehead atoms. The lowest BCUT2D eigenvalue weighted by Crippen LogP contribution is -2.00. The first-order valence-electron chi connectivity index (χ1n) is 3.44. The third-order valence-corrected chi connectivity index (χ3v) is 2.32. The predicted molar refractivity (Wildman–Crippen MR) is 47.0 cm³/mol. The van der Waals surface area contributed by atoms with Crippen LogP contribution in [0.2, 0.25) is 0 Å². The van der Waals surface area contributed by atoms with Gasteiger partial charge in [0.05, 0.1) is 19.8 Å². The maximum absolute atomic E-state index is 11.0. The van der Waals surface area contributed by atoms with Crippen molar-refractivity contribution in [2.45, 2.75) is 0 Å². The van der Waals surface area contributed by atoms with Gasteiger partial charge in [0.2, 0.25) is 0 Å². The molecule has 13 heavy (non-hydrogen) atoms. The highest BCUT2D eigenvalue weighted by atomic mass is 32.1. The molecular formula is C8H8O4S. The maximum Gasteiger partial charge on any atom is 0.348 e. The fourth-order valence-corrected chi connectivity index (χ4v) is 1.56. The van der Waals surface area contributed by atoms with Crippen molar-refractivity contribution in [3.63, 3.8) is 0 Å². The summed E-state index contributed by atoms with van der Waals surface area (Å²) in [5, 5.41) is 1.55. The van der Waals surface area contributed by atoms with Crippen molar-refractivity contribution in [3.05, 3.63) is 21.9 Å². The molecule has 0 saturated heterocycles. The molecule has 0 saturated carbocycles. The maximum atomic E-state index is 11.0. The molecule has 0 aromatic carbocycles. The van der Waals surface area contributed by atoms with Crippen LogP contribution in [-0.4, -0.2) is 26.2 Å². The summed E-state index contributed by atoms with van der Waals surface area (Å²) < 4.78 is 8.96. The summed E-state index contributed by atoms with van der Waals surface area (Å²) in [5.41, 5.74) is 0.368. The second-order valence-corrected chi connectivity index (χ2v) is 3.09. The Morgan fingerprint density at radius 2 is 1.85 bits per heavy atom. The highest BCUT2D eigenvalue weighted by Crippen LogP contribution is 2.16. The number of hydrogen-bond donors (Lipinski definition) is 0. The third-order valence-electron chi connectivity index (χ3n) is 1.41. The summed E-state index contributed by atoms with van der Waals surface area (Å²) in [6.07, 6.45) is 0. The number of esters is 2. The normalized spacial score (nSPS) is 9.38. The van der Waals surface area contributed by atoms with Gasteiger partial charge in [0.1, 0.15) is 4.88 Å². The monoisotopic (exact) mass is 200 g/mol. The van der Waals surface area contributed by atoms with Crippen LogP contribution in [0.1, 0.15) is 20.0 Å². The minimum Gasteiger partial charge on any atom is -0.465 e. The van der Waals surface area contributed by atoms with Gasteiger partial charge in [-0.3, -0.25) is 0 Å². The molecule has 0 spiro atoms. The average molecular weight is 200 g/mol. The highest BCUT2D eigenvalue weighted by molar-refractivity contribution is 7.12. The minimum absolute atomic E-state index is 0.368. The van der Waals surface area contributed by atoms with Crippen LogP contribution in [0.25, 0.3) is 0 Å². The first kappa shape index (κ1) is 9.73. The summed E-state index contributed by atoms with van der Waals surface area (Å²) in [6.45, 7) is 0. The summed E-state index contributed by atoms with van der Waals surface area (Å²) in [7, 11) is 2.58. The minimum atomic E-state index is -0.452. The molecule has 1 heterocycles. The van der Waals surface area contributed by atoms with Crippen molar-refractivity contribution in [1.82, 2.24) is 0 Å². The van der Waals surface area contributed by atoms with E-state index in [1.54, 1.807) is 5.38 Å². The number of ether oxygens (including phenoxy) is 2. The zero-order chi connectivity index (χ0) is 9.84. The molecule has 1 aromatic heterocycles. The molecule has 0 atom stereocenters. The second kappa shape index (κ2) is 4.04. The number of methoxy groups -OCH3 is 2. The molecule has 1 aromatic rings. The quantitative estimate of drug-likeness (QED) is 0.675. The smallest absolute Gasteiger partial charge is 0.348 e. The standard InChI is InChI=1S/C8H8O4S/c1-11-7(9)5-3-6(13-4-5)8(10)12-2/h3-4H,1-2H3. The van der Waals surface area contributed by atoms with Gasteiger partial charge < -0.3 is 9.47 Å². The Hall–Kier alpha value is -1.36. The average Bonchev–Trinajstić information content (AvgIpc) is 2.64. The van der Waals surface area contributed by atoms with Crippen molar-refractivity contribution in [3.8, 4) is 0 Å². The topological polar surface area (TPSA) is 52.6 Å². The molecule has 0 amide bonds. The molecule has 4 nitrogen and oxygen atoms in total. The van der Waals surface area contributed by atoms with Crippen molar-refractivity contribution in [2.24, 2.45) is 0 Å². The van der Waals surface area contributed by atoms with Crippen molar-refractivity contribution in [2.75, 3.05) is 14.2 Å². The molecule has 0 unspecified atom stereocenters.